The predicted molar refractivity (Wildman–Crippen MR) is 39.5 cm³/mol. The number of nitrogens with two attached hydrogens (primary N) is 1. The molecule has 1 amide bonds. The summed E-state index contributed by atoms with van der Waals surface area (Å²) in [5.74, 6) is -2.86. The van der Waals surface area contributed by atoms with Crippen molar-refractivity contribution in [3.05, 3.63) is 17.5 Å². The van der Waals surface area contributed by atoms with E-state index in [4.69, 9.17) is 5.73 Å². The van der Waals surface area contributed by atoms with E-state index in [1.165, 1.54) is 0 Å². The molecule has 0 radical (unpaired) electrons. The summed E-state index contributed by atoms with van der Waals surface area (Å²) >= 11 is 0. The van der Waals surface area contributed by atoms with Gasteiger partial charge in [0.1, 0.15) is 6.26 Å². The smallest absolute Gasteiger partial charge is 0.364 e. The third-order valence-electron chi connectivity index (χ3n) is 1.79. The monoisotopic (exact) mass is 208 g/mol. The van der Waals surface area contributed by atoms with E-state index in [1.807, 2.05) is 0 Å². The molecule has 1 aromatic rings. The van der Waals surface area contributed by atoms with Gasteiger partial charge >= 0.3 is 6.18 Å². The number of aromatic nitrogens is 1. The van der Waals surface area contributed by atoms with Gasteiger partial charge in [-0.15, -0.1) is 0 Å². The molecule has 0 aliphatic heterocycles. The van der Waals surface area contributed by atoms with Crippen LogP contribution in [-0.4, -0.2) is 17.2 Å². The maximum Gasteiger partial charge on any atom is 0.395 e. The minimum Gasteiger partial charge on any atom is -0.364 e. The lowest BCUT2D eigenvalue weighted by Gasteiger charge is -2.13. The molecule has 0 unspecified atom stereocenters. The van der Waals surface area contributed by atoms with Crippen molar-refractivity contribution in [1.82, 2.24) is 5.16 Å². The summed E-state index contributed by atoms with van der Waals surface area (Å²) in [6.07, 6.45) is -3.67. The molecule has 1 rings (SSSR count). The average molecular weight is 208 g/mol. The Morgan fingerprint density at radius 1 is 1.64 bits per heavy atom. The third-order valence-corrected chi connectivity index (χ3v) is 1.79. The Morgan fingerprint density at radius 3 is 2.64 bits per heavy atom. The summed E-state index contributed by atoms with van der Waals surface area (Å²) in [5, 5.41) is 3.10. The molecule has 2 N–H and O–H groups in total. The molecule has 0 fully saturated rings. The number of hydrogen-bond acceptors (Lipinski definition) is 3. The average Bonchev–Trinajstić information content (AvgIpc) is 2.48. The van der Waals surface area contributed by atoms with Crippen LogP contribution in [0.2, 0.25) is 0 Å². The maximum atomic E-state index is 12.2. The van der Waals surface area contributed by atoms with E-state index < -0.39 is 23.7 Å². The molecule has 0 spiro atoms. The van der Waals surface area contributed by atoms with Gasteiger partial charge in [-0.3, -0.25) is 4.79 Å². The van der Waals surface area contributed by atoms with Crippen LogP contribution >= 0.6 is 0 Å². The van der Waals surface area contributed by atoms with Crippen LogP contribution in [0.5, 0.6) is 0 Å². The molecule has 0 bridgehead atoms. The number of primary amides is 1. The van der Waals surface area contributed by atoms with Crippen LogP contribution in [0.3, 0.4) is 0 Å². The Kier molecular flexibility index (Phi) is 2.50. The molecular formula is C7H7F3N2O2. The Balaban J connectivity index is 3.07. The zero-order chi connectivity index (χ0) is 10.9. The topological polar surface area (TPSA) is 69.1 Å². The quantitative estimate of drug-likeness (QED) is 0.799. The van der Waals surface area contributed by atoms with Gasteiger partial charge in [-0.25, -0.2) is 0 Å². The molecule has 0 aliphatic carbocycles. The van der Waals surface area contributed by atoms with Gasteiger partial charge in [0.05, 0.1) is 5.92 Å². The van der Waals surface area contributed by atoms with Gasteiger partial charge in [0.2, 0.25) is 0 Å². The van der Waals surface area contributed by atoms with E-state index in [2.05, 4.69) is 9.68 Å². The molecule has 4 nitrogen and oxygen atoms in total. The van der Waals surface area contributed by atoms with Crippen molar-refractivity contribution in [3.63, 3.8) is 0 Å². The maximum absolute atomic E-state index is 12.2. The van der Waals surface area contributed by atoms with Gasteiger partial charge in [-0.2, -0.15) is 13.2 Å². The SMILES string of the molecule is C[C@@H](c1conc1C(N)=O)C(F)(F)F. The van der Waals surface area contributed by atoms with Crippen LogP contribution in [0.25, 0.3) is 0 Å². The Hall–Kier alpha value is -1.53. The highest BCUT2D eigenvalue weighted by Crippen LogP contribution is 2.35. The van der Waals surface area contributed by atoms with Crippen LogP contribution in [-0.2, 0) is 0 Å². The Bertz CT molecular complexity index is 345. The number of carbonyl (C=O) groups is 1. The summed E-state index contributed by atoms with van der Waals surface area (Å²) < 4.78 is 41.0. The van der Waals surface area contributed by atoms with Crippen LogP contribution in [0.1, 0.15) is 28.9 Å². The van der Waals surface area contributed by atoms with Crippen molar-refractivity contribution in [2.75, 3.05) is 0 Å². The lowest BCUT2D eigenvalue weighted by Crippen LogP contribution is -2.21. The standard InChI is InChI=1S/C7H7F3N2O2/c1-3(7(8,9)10)4-2-14-12-5(4)6(11)13/h2-3H,1H3,(H2,11,13)/t3-/m0/s1. The highest BCUT2D eigenvalue weighted by atomic mass is 19.4. The molecule has 0 saturated carbocycles. The van der Waals surface area contributed by atoms with Crippen molar-refractivity contribution >= 4 is 5.91 Å². The molecule has 1 heterocycles. The number of rotatable bonds is 2. The lowest BCUT2D eigenvalue weighted by atomic mass is 10.0. The minimum absolute atomic E-state index is 0.343. The molecular weight excluding hydrogens is 201 g/mol. The summed E-state index contributed by atoms with van der Waals surface area (Å²) in [6, 6.07) is 0. The second-order valence-corrected chi connectivity index (χ2v) is 2.75. The second-order valence-electron chi connectivity index (χ2n) is 2.75. The van der Waals surface area contributed by atoms with Crippen LogP contribution < -0.4 is 5.73 Å². The van der Waals surface area contributed by atoms with Crippen molar-refractivity contribution in [2.24, 2.45) is 5.73 Å². The number of hydrogen-bond donors (Lipinski definition) is 1. The molecule has 0 aromatic carbocycles. The van der Waals surface area contributed by atoms with E-state index in [9.17, 15) is 18.0 Å². The van der Waals surface area contributed by atoms with E-state index >= 15 is 0 Å². The minimum atomic E-state index is -4.45. The van der Waals surface area contributed by atoms with Gasteiger partial charge in [0, 0.05) is 5.56 Å². The Labute approximate surface area is 76.9 Å². The fourth-order valence-corrected chi connectivity index (χ4v) is 0.915. The highest BCUT2D eigenvalue weighted by Gasteiger charge is 2.40. The number of amides is 1. The number of carbonyl (C=O) groups excluding carboxylic acids is 1. The first kappa shape index (κ1) is 10.6. The summed E-state index contributed by atoms with van der Waals surface area (Å²) in [6.45, 7) is 0.902. The van der Waals surface area contributed by atoms with E-state index in [1.54, 1.807) is 0 Å². The first-order chi connectivity index (χ1) is 6.34. The van der Waals surface area contributed by atoms with E-state index in [-0.39, 0.29) is 5.56 Å². The van der Waals surface area contributed by atoms with Crippen molar-refractivity contribution in [2.45, 2.75) is 19.0 Å². The first-order valence-electron chi connectivity index (χ1n) is 3.65. The van der Waals surface area contributed by atoms with Gasteiger partial charge in [0.25, 0.3) is 5.91 Å². The van der Waals surface area contributed by atoms with Gasteiger partial charge in [-0.05, 0) is 6.92 Å². The normalized spacial score (nSPS) is 14.0. The molecule has 14 heavy (non-hydrogen) atoms. The zero-order valence-electron chi connectivity index (χ0n) is 7.13. The fraction of sp³-hybridized carbons (Fsp3) is 0.429. The molecule has 1 aromatic heterocycles. The van der Waals surface area contributed by atoms with Crippen LogP contribution in [0, 0.1) is 0 Å². The number of nitrogens with zero attached hydrogens (tertiary/aromatic N) is 1. The molecule has 1 atom stereocenters. The zero-order valence-corrected chi connectivity index (χ0v) is 7.13. The van der Waals surface area contributed by atoms with Gasteiger partial charge < -0.3 is 10.3 Å². The van der Waals surface area contributed by atoms with Gasteiger partial charge in [0.15, 0.2) is 5.69 Å². The van der Waals surface area contributed by atoms with Crippen molar-refractivity contribution < 1.29 is 22.5 Å². The highest BCUT2D eigenvalue weighted by molar-refractivity contribution is 5.92. The predicted octanol–water partition coefficient (Wildman–Crippen LogP) is 1.44. The van der Waals surface area contributed by atoms with Crippen molar-refractivity contribution in [1.29, 1.82) is 0 Å². The molecule has 0 aliphatic rings. The molecule has 78 valence electrons. The molecule has 0 saturated heterocycles. The fourth-order valence-electron chi connectivity index (χ4n) is 0.915. The van der Waals surface area contributed by atoms with Crippen molar-refractivity contribution in [3.8, 4) is 0 Å². The second kappa shape index (κ2) is 3.32. The number of alkyl halides is 3. The molecule has 7 heteroatoms. The van der Waals surface area contributed by atoms with Crippen LogP contribution in [0.4, 0.5) is 13.2 Å². The lowest BCUT2D eigenvalue weighted by molar-refractivity contribution is -0.146. The van der Waals surface area contributed by atoms with Gasteiger partial charge in [-0.1, -0.05) is 5.16 Å². The summed E-state index contributed by atoms with van der Waals surface area (Å²) in [7, 11) is 0. The van der Waals surface area contributed by atoms with E-state index in [0.29, 0.717) is 0 Å². The first-order valence-corrected chi connectivity index (χ1v) is 3.65. The third kappa shape index (κ3) is 1.86. The number of halogens is 3. The summed E-state index contributed by atoms with van der Waals surface area (Å²) in [5.41, 5.74) is 3.99. The Morgan fingerprint density at radius 2 is 2.21 bits per heavy atom. The largest absolute Gasteiger partial charge is 0.395 e. The van der Waals surface area contributed by atoms with Crippen LogP contribution in [0.15, 0.2) is 10.8 Å². The van der Waals surface area contributed by atoms with E-state index in [0.717, 1.165) is 13.2 Å². The summed E-state index contributed by atoms with van der Waals surface area (Å²) in [4.78, 5) is 10.6.